The van der Waals surface area contributed by atoms with Crippen molar-refractivity contribution in [1.82, 2.24) is 4.57 Å². The third-order valence-corrected chi connectivity index (χ3v) is 10.5. The molecule has 10 aromatic rings. The van der Waals surface area contributed by atoms with E-state index in [1.807, 2.05) is 0 Å². The first-order valence-electron chi connectivity index (χ1n) is 17.2. The zero-order valence-corrected chi connectivity index (χ0v) is 27.1. The lowest BCUT2D eigenvalue weighted by atomic mass is 9.91. The number of rotatable bonds is 3. The molecule has 0 spiro atoms. The topological polar surface area (TPSA) is 14.2 Å². The molecule has 0 amide bonds. The van der Waals surface area contributed by atoms with Crippen LogP contribution in [0.15, 0.2) is 176 Å². The van der Waals surface area contributed by atoms with Crippen molar-refractivity contribution in [2.24, 2.45) is 0 Å². The van der Waals surface area contributed by atoms with Gasteiger partial charge in [-0.25, -0.2) is 0 Å². The van der Waals surface area contributed by atoms with Gasteiger partial charge in [-0.2, -0.15) is 0 Å². The SMILES string of the molecule is c1cc(-c2ccc(-n3c4c5ccccc5ccc4c4ccc5ccccc5c43)cc2)cc(-c2ccc3c(c2)-c2cccc4cccc(c24)O3)c1. The Morgan fingerprint density at radius 1 is 0.340 bits per heavy atom. The second-order valence-corrected chi connectivity index (χ2v) is 13.3. The number of nitrogens with zero attached hydrogens (tertiary/aromatic N) is 1. The summed E-state index contributed by atoms with van der Waals surface area (Å²) in [6.45, 7) is 0. The van der Waals surface area contributed by atoms with Crippen molar-refractivity contribution in [1.29, 1.82) is 0 Å². The van der Waals surface area contributed by atoms with Gasteiger partial charge in [0.2, 0.25) is 0 Å². The molecule has 0 bridgehead atoms. The Morgan fingerprint density at radius 3 is 1.64 bits per heavy atom. The highest BCUT2D eigenvalue weighted by atomic mass is 16.5. The molecule has 0 radical (unpaired) electrons. The summed E-state index contributed by atoms with van der Waals surface area (Å²) in [6.07, 6.45) is 0. The first-order valence-corrected chi connectivity index (χ1v) is 17.2. The maximum Gasteiger partial charge on any atom is 0.135 e. The van der Waals surface area contributed by atoms with Gasteiger partial charge in [-0.3, -0.25) is 0 Å². The Hall–Kier alpha value is -6.64. The van der Waals surface area contributed by atoms with Crippen molar-refractivity contribution < 1.29 is 4.74 Å². The smallest absolute Gasteiger partial charge is 0.135 e. The minimum Gasteiger partial charge on any atom is -0.456 e. The van der Waals surface area contributed by atoms with Gasteiger partial charge in [0.05, 0.1) is 11.0 Å². The van der Waals surface area contributed by atoms with Gasteiger partial charge in [-0.1, -0.05) is 140 Å². The van der Waals surface area contributed by atoms with Crippen molar-refractivity contribution >= 4 is 54.1 Å². The minimum atomic E-state index is 0.900. The van der Waals surface area contributed by atoms with Crippen LogP contribution in [-0.4, -0.2) is 4.57 Å². The number of hydrogen-bond acceptors (Lipinski definition) is 1. The molecule has 232 valence electrons. The summed E-state index contributed by atoms with van der Waals surface area (Å²) in [5.41, 5.74) is 10.7. The molecule has 1 aliphatic heterocycles. The Balaban J connectivity index is 1.04. The van der Waals surface area contributed by atoms with Crippen LogP contribution < -0.4 is 4.74 Å². The number of hydrogen-bond donors (Lipinski definition) is 0. The zero-order valence-electron chi connectivity index (χ0n) is 27.1. The van der Waals surface area contributed by atoms with E-state index in [0.29, 0.717) is 0 Å². The molecule has 1 aromatic heterocycles. The van der Waals surface area contributed by atoms with Crippen LogP contribution in [0, 0.1) is 0 Å². The van der Waals surface area contributed by atoms with E-state index in [0.717, 1.165) is 22.7 Å². The monoisotopic (exact) mass is 635 g/mol. The van der Waals surface area contributed by atoms with Gasteiger partial charge in [0, 0.05) is 38.2 Å². The summed E-state index contributed by atoms with van der Waals surface area (Å²) in [5.74, 6) is 1.82. The molecule has 50 heavy (non-hydrogen) atoms. The van der Waals surface area contributed by atoms with Crippen molar-refractivity contribution in [3.05, 3.63) is 176 Å². The minimum absolute atomic E-state index is 0.900. The van der Waals surface area contributed by atoms with Crippen molar-refractivity contribution in [3.63, 3.8) is 0 Å². The maximum absolute atomic E-state index is 6.37. The van der Waals surface area contributed by atoms with E-state index < -0.39 is 0 Å². The molecule has 11 rings (SSSR count). The van der Waals surface area contributed by atoms with E-state index in [4.69, 9.17) is 4.74 Å². The van der Waals surface area contributed by atoms with Crippen molar-refractivity contribution in [2.45, 2.75) is 0 Å². The van der Waals surface area contributed by atoms with Crippen LogP contribution >= 0.6 is 0 Å². The molecular formula is C48H29NO. The van der Waals surface area contributed by atoms with Gasteiger partial charge in [0.25, 0.3) is 0 Å². The molecule has 0 saturated heterocycles. The maximum atomic E-state index is 6.37. The third-order valence-electron chi connectivity index (χ3n) is 10.5. The predicted molar refractivity (Wildman–Crippen MR) is 210 cm³/mol. The lowest BCUT2D eigenvalue weighted by molar-refractivity contribution is 0.487. The standard InChI is InChI=1S/C48H29NO/c1-3-14-38-31(8-1)20-25-41-42-26-21-32-9-2-4-15-39(32)48(42)49(47(38)41)37-23-18-30(19-24-37)34-12-5-13-35(28-34)36-22-27-44-43(29-36)40-16-6-10-33-11-7-17-45(50-44)46(33)40/h1-29H. The molecule has 0 atom stereocenters. The van der Waals surface area contributed by atoms with Crippen LogP contribution in [-0.2, 0) is 0 Å². The number of ether oxygens (including phenoxy) is 1. The molecule has 0 unspecified atom stereocenters. The van der Waals surface area contributed by atoms with Crippen molar-refractivity contribution in [2.75, 3.05) is 0 Å². The fourth-order valence-corrected chi connectivity index (χ4v) is 8.22. The van der Waals surface area contributed by atoms with E-state index in [2.05, 4.69) is 180 Å². The van der Waals surface area contributed by atoms with E-state index in [1.54, 1.807) is 0 Å². The van der Waals surface area contributed by atoms with Crippen LogP contribution in [0.4, 0.5) is 0 Å². The van der Waals surface area contributed by atoms with Gasteiger partial charge in [0.1, 0.15) is 11.5 Å². The first kappa shape index (κ1) is 27.3. The second kappa shape index (κ2) is 10.4. The quantitative estimate of drug-likeness (QED) is 0.188. The molecule has 0 N–H and O–H groups in total. The van der Waals surface area contributed by atoms with Gasteiger partial charge in [-0.15, -0.1) is 0 Å². The summed E-state index contributed by atoms with van der Waals surface area (Å²) >= 11 is 0. The van der Waals surface area contributed by atoms with Crippen LogP contribution in [0.2, 0.25) is 0 Å². The zero-order chi connectivity index (χ0) is 32.8. The molecule has 2 heteroatoms. The highest BCUT2D eigenvalue weighted by molar-refractivity contribution is 6.23. The van der Waals surface area contributed by atoms with Gasteiger partial charge >= 0.3 is 0 Å². The van der Waals surface area contributed by atoms with Gasteiger partial charge in [0.15, 0.2) is 0 Å². The number of aromatic nitrogens is 1. The third kappa shape index (κ3) is 3.96. The Kier molecular flexibility index (Phi) is 5.70. The molecular weight excluding hydrogens is 607 g/mol. The first-order chi connectivity index (χ1) is 24.8. The van der Waals surface area contributed by atoms with Crippen molar-refractivity contribution in [3.8, 4) is 50.6 Å². The summed E-state index contributed by atoms with van der Waals surface area (Å²) < 4.78 is 8.85. The highest BCUT2D eigenvalue weighted by Crippen LogP contribution is 2.47. The van der Waals surface area contributed by atoms with Gasteiger partial charge in [-0.05, 0) is 80.4 Å². The molecule has 0 saturated carbocycles. The number of fused-ring (bicyclic) bond motifs is 9. The molecule has 2 heterocycles. The van der Waals surface area contributed by atoms with Crippen LogP contribution in [0.5, 0.6) is 11.5 Å². The summed E-state index contributed by atoms with van der Waals surface area (Å²) in [7, 11) is 0. The predicted octanol–water partition coefficient (Wildman–Crippen LogP) is 13.3. The normalized spacial score (nSPS) is 12.2. The van der Waals surface area contributed by atoms with Crippen LogP contribution in [0.1, 0.15) is 0 Å². The van der Waals surface area contributed by atoms with E-state index in [-0.39, 0.29) is 0 Å². The lowest BCUT2D eigenvalue weighted by Gasteiger charge is -2.22. The second-order valence-electron chi connectivity index (χ2n) is 13.3. The molecule has 0 fully saturated rings. The van der Waals surface area contributed by atoms with Crippen LogP contribution in [0.25, 0.3) is 93.2 Å². The average Bonchev–Trinajstić information content (AvgIpc) is 3.54. The fourth-order valence-electron chi connectivity index (χ4n) is 8.22. The molecule has 1 aliphatic rings. The molecule has 2 nitrogen and oxygen atoms in total. The Labute approximate surface area is 289 Å². The fraction of sp³-hybridized carbons (Fsp3) is 0. The molecule has 9 aromatic carbocycles. The Bertz CT molecular complexity index is 2900. The number of benzene rings is 9. The average molecular weight is 636 g/mol. The largest absolute Gasteiger partial charge is 0.456 e. The summed E-state index contributed by atoms with van der Waals surface area (Å²) in [6, 6.07) is 63.8. The lowest BCUT2D eigenvalue weighted by Crippen LogP contribution is -1.97. The van der Waals surface area contributed by atoms with Gasteiger partial charge < -0.3 is 9.30 Å². The summed E-state index contributed by atoms with van der Waals surface area (Å²) in [4.78, 5) is 0. The van der Waals surface area contributed by atoms with E-state index in [9.17, 15) is 0 Å². The van der Waals surface area contributed by atoms with Crippen LogP contribution in [0.3, 0.4) is 0 Å². The van der Waals surface area contributed by atoms with E-state index in [1.165, 1.54) is 81.9 Å². The van der Waals surface area contributed by atoms with E-state index >= 15 is 0 Å². The Morgan fingerprint density at radius 2 is 0.920 bits per heavy atom. The summed E-state index contributed by atoms with van der Waals surface area (Å²) in [5, 5.41) is 9.94. The highest BCUT2D eigenvalue weighted by Gasteiger charge is 2.21. The molecule has 0 aliphatic carbocycles.